The van der Waals surface area contributed by atoms with Crippen molar-refractivity contribution in [3.05, 3.63) is 54.2 Å². The maximum Gasteiger partial charge on any atom is 0.292 e. The molecule has 0 radical (unpaired) electrons. The minimum Gasteiger partial charge on any atom is -0.378 e. The van der Waals surface area contributed by atoms with Crippen molar-refractivity contribution in [1.29, 1.82) is 0 Å². The summed E-state index contributed by atoms with van der Waals surface area (Å²) >= 11 is 0. The number of hydrogen-bond donors (Lipinski definition) is 0. The van der Waals surface area contributed by atoms with E-state index in [9.17, 15) is 12.9 Å². The molecule has 0 fully saturated rings. The molecule has 1 heterocycles. The molecule has 0 bridgehead atoms. The number of pyridine rings is 1. The van der Waals surface area contributed by atoms with Gasteiger partial charge in [-0.25, -0.2) is 4.98 Å². The van der Waals surface area contributed by atoms with Gasteiger partial charge in [-0.15, -0.1) is 0 Å². The summed E-state index contributed by atoms with van der Waals surface area (Å²) in [5, 5.41) is 0. The van der Waals surface area contributed by atoms with Gasteiger partial charge in [0.15, 0.2) is 5.82 Å². The van der Waals surface area contributed by atoms with Crippen molar-refractivity contribution < 1.29 is 17.6 Å². The van der Waals surface area contributed by atoms with Gasteiger partial charge in [0.05, 0.1) is 17.2 Å². The Bertz CT molecular complexity index is 677. The Morgan fingerprint density at radius 1 is 1.15 bits per heavy atom. The van der Waals surface area contributed by atoms with E-state index in [-0.39, 0.29) is 21.8 Å². The highest BCUT2D eigenvalue weighted by molar-refractivity contribution is 7.92. The summed E-state index contributed by atoms with van der Waals surface area (Å²) in [5.74, 6) is -0.302. The third-order valence-corrected chi connectivity index (χ3v) is 3.99. The predicted octanol–water partition coefficient (Wildman–Crippen LogP) is 2.31. The topological polar surface area (TPSA) is 59.5 Å². The summed E-state index contributed by atoms with van der Waals surface area (Å²) < 4.78 is 42.9. The molecule has 1 aromatic heterocycles. The molecule has 0 aliphatic rings. The monoisotopic (exact) mass is 296 g/mol. The Morgan fingerprint density at radius 2 is 1.85 bits per heavy atom. The summed E-state index contributed by atoms with van der Waals surface area (Å²) in [4.78, 5) is 3.76. The van der Waals surface area contributed by atoms with Crippen LogP contribution in [0, 0.1) is 0 Å². The van der Waals surface area contributed by atoms with Crippen molar-refractivity contribution in [2.24, 2.45) is 0 Å². The molecule has 7 heteroatoms. The van der Waals surface area contributed by atoms with Gasteiger partial charge in [0.2, 0.25) is 0 Å². The van der Waals surface area contributed by atoms with Crippen LogP contribution in [-0.2, 0) is 21.4 Å². The van der Waals surface area contributed by atoms with Crippen molar-refractivity contribution in [1.82, 2.24) is 4.98 Å². The molecule has 0 unspecified atom stereocenters. The molecule has 5 nitrogen and oxygen atoms in total. The molecule has 2 aromatic rings. The quantitative estimate of drug-likeness (QED) is 0.794. The van der Waals surface area contributed by atoms with Crippen molar-refractivity contribution in [3.8, 4) is 0 Å². The minimum absolute atomic E-state index is 0.138. The van der Waals surface area contributed by atoms with Gasteiger partial charge in [-0.1, -0.05) is 33.3 Å². The van der Waals surface area contributed by atoms with E-state index in [2.05, 4.69) is 4.98 Å². The van der Waals surface area contributed by atoms with Crippen molar-refractivity contribution in [3.63, 3.8) is 0 Å². The lowest BCUT2D eigenvalue weighted by atomic mass is 10.3. The highest BCUT2D eigenvalue weighted by Crippen LogP contribution is 2.22. The van der Waals surface area contributed by atoms with Crippen LogP contribution in [0.2, 0.25) is 0 Å². The van der Waals surface area contributed by atoms with Crippen LogP contribution in [0.1, 0.15) is 5.69 Å². The summed E-state index contributed by atoms with van der Waals surface area (Å²) in [6.45, 7) is 0.174. The fourth-order valence-electron chi connectivity index (χ4n) is 1.60. The Kier molecular flexibility index (Phi) is 4.31. The summed E-state index contributed by atoms with van der Waals surface area (Å²) in [6, 6.07) is 11.8. The highest BCUT2D eigenvalue weighted by Gasteiger charge is 2.26. The summed E-state index contributed by atoms with van der Waals surface area (Å²) in [6.07, 6.45) is 0. The number of nitrogens with zero attached hydrogens (tertiary/aromatic N) is 2. The van der Waals surface area contributed by atoms with E-state index in [0.29, 0.717) is 5.69 Å². The van der Waals surface area contributed by atoms with Gasteiger partial charge in [-0.2, -0.15) is 8.42 Å². The molecular formula is C13H13FN2O3S. The van der Waals surface area contributed by atoms with Crippen LogP contribution in [0.4, 0.5) is 10.3 Å². The van der Waals surface area contributed by atoms with Gasteiger partial charge < -0.3 is 4.74 Å². The predicted molar refractivity (Wildman–Crippen MR) is 72.2 cm³/mol. The first-order chi connectivity index (χ1) is 9.55. The van der Waals surface area contributed by atoms with E-state index in [1.807, 2.05) is 0 Å². The van der Waals surface area contributed by atoms with E-state index in [0.717, 1.165) is 0 Å². The zero-order valence-corrected chi connectivity index (χ0v) is 11.5. The van der Waals surface area contributed by atoms with E-state index in [4.69, 9.17) is 4.74 Å². The zero-order chi connectivity index (χ0) is 14.6. The number of rotatable bonds is 5. The molecule has 0 atom stereocenters. The second-order valence-electron chi connectivity index (χ2n) is 3.95. The van der Waals surface area contributed by atoms with Gasteiger partial charge in [-0.05, 0) is 24.3 Å². The Hall–Kier alpha value is -1.99. The number of aromatic nitrogens is 1. The number of methoxy groups -OCH3 is 1. The van der Waals surface area contributed by atoms with Gasteiger partial charge in [0.1, 0.15) is 0 Å². The molecule has 20 heavy (non-hydrogen) atoms. The number of sulfonamides is 1. The maximum atomic E-state index is 14.2. The number of hydrogen-bond acceptors (Lipinski definition) is 4. The van der Waals surface area contributed by atoms with Crippen LogP contribution in [-0.4, -0.2) is 20.5 Å². The zero-order valence-electron chi connectivity index (χ0n) is 10.7. The second-order valence-corrected chi connectivity index (χ2v) is 5.70. The third-order valence-electron chi connectivity index (χ3n) is 2.52. The van der Waals surface area contributed by atoms with Crippen LogP contribution < -0.4 is 4.53 Å². The molecule has 106 valence electrons. The fraction of sp³-hybridized carbons (Fsp3) is 0.154. The lowest BCUT2D eigenvalue weighted by Crippen LogP contribution is -2.23. The number of benzene rings is 1. The lowest BCUT2D eigenvalue weighted by Gasteiger charge is -2.13. The van der Waals surface area contributed by atoms with Gasteiger partial charge in [0, 0.05) is 7.11 Å². The van der Waals surface area contributed by atoms with Crippen LogP contribution in [0.5, 0.6) is 0 Å². The van der Waals surface area contributed by atoms with Crippen molar-refractivity contribution >= 4 is 15.8 Å². The first kappa shape index (κ1) is 14.4. The van der Waals surface area contributed by atoms with E-state index >= 15 is 0 Å². The van der Waals surface area contributed by atoms with Crippen LogP contribution in [0.3, 0.4) is 0 Å². The molecule has 0 saturated heterocycles. The van der Waals surface area contributed by atoms with E-state index in [1.165, 1.54) is 43.5 Å². The fourth-order valence-corrected chi connectivity index (χ4v) is 2.64. The smallest absolute Gasteiger partial charge is 0.292 e. The highest BCUT2D eigenvalue weighted by atomic mass is 32.2. The molecule has 0 N–H and O–H groups in total. The van der Waals surface area contributed by atoms with Crippen molar-refractivity contribution in [2.75, 3.05) is 11.6 Å². The normalized spacial score (nSPS) is 11.3. The Morgan fingerprint density at radius 3 is 2.50 bits per heavy atom. The molecule has 2 rings (SSSR count). The molecule has 0 amide bonds. The first-order valence-electron chi connectivity index (χ1n) is 5.77. The molecule has 0 saturated carbocycles. The van der Waals surface area contributed by atoms with Crippen LogP contribution in [0.15, 0.2) is 53.4 Å². The van der Waals surface area contributed by atoms with Gasteiger partial charge >= 0.3 is 0 Å². The Labute approximate surface area is 116 Å². The standard InChI is InChI=1S/C13H13FN2O3S/c1-19-10-11-6-5-9-13(15-11)16(14)20(17,18)12-7-3-2-4-8-12/h2-9H,10H2,1H3. The number of halogens is 1. The molecule has 1 aromatic carbocycles. The maximum absolute atomic E-state index is 14.2. The average molecular weight is 296 g/mol. The van der Waals surface area contributed by atoms with E-state index in [1.54, 1.807) is 12.1 Å². The van der Waals surface area contributed by atoms with Gasteiger partial charge in [0.25, 0.3) is 10.0 Å². The lowest BCUT2D eigenvalue weighted by molar-refractivity contribution is 0.181. The van der Waals surface area contributed by atoms with Crippen LogP contribution in [0.25, 0.3) is 0 Å². The molecule has 0 aliphatic heterocycles. The SMILES string of the molecule is COCc1cccc(N(F)S(=O)(=O)c2ccccc2)n1. The minimum atomic E-state index is -4.26. The van der Waals surface area contributed by atoms with Crippen molar-refractivity contribution in [2.45, 2.75) is 11.5 Å². The third kappa shape index (κ3) is 2.94. The second kappa shape index (κ2) is 5.98. The number of ether oxygens (including phenoxy) is 1. The number of anilines is 1. The summed E-state index contributed by atoms with van der Waals surface area (Å²) in [5.41, 5.74) is 0.441. The van der Waals surface area contributed by atoms with E-state index < -0.39 is 10.0 Å². The average Bonchev–Trinajstić information content (AvgIpc) is 2.48. The largest absolute Gasteiger partial charge is 0.378 e. The summed E-state index contributed by atoms with van der Waals surface area (Å²) in [7, 11) is -2.79. The Balaban J connectivity index is 2.36. The molecular weight excluding hydrogens is 283 g/mol. The van der Waals surface area contributed by atoms with Gasteiger partial charge in [-0.3, -0.25) is 0 Å². The molecule has 0 aliphatic carbocycles. The first-order valence-corrected chi connectivity index (χ1v) is 7.21. The molecule has 0 spiro atoms. The van der Waals surface area contributed by atoms with Crippen LogP contribution >= 0.6 is 0 Å².